The number of hydrogen-bond donors (Lipinski definition) is 1. The average Bonchev–Trinajstić information content (AvgIpc) is 2.14. The molecule has 0 bridgehead atoms. The van der Waals surface area contributed by atoms with Gasteiger partial charge in [-0.05, 0) is 6.92 Å². The fourth-order valence-corrected chi connectivity index (χ4v) is 1.17. The first-order valence-electron chi connectivity index (χ1n) is 2.44. The van der Waals surface area contributed by atoms with Gasteiger partial charge >= 0.3 is 0 Å². The van der Waals surface area contributed by atoms with Gasteiger partial charge in [0.2, 0.25) is 0 Å². The number of aryl methyl sites for hydroxylation is 1. The topological polar surface area (TPSA) is 38.9 Å². The lowest BCUT2D eigenvalue weighted by molar-refractivity contribution is 1.09. The number of aromatic nitrogens is 1. The second-order valence-electron chi connectivity index (χ2n) is 1.55. The van der Waals surface area contributed by atoms with Crippen LogP contribution in [0.3, 0.4) is 0 Å². The van der Waals surface area contributed by atoms with Crippen LogP contribution >= 0.6 is 11.3 Å². The molecule has 1 aromatic heterocycles. The summed E-state index contributed by atoms with van der Waals surface area (Å²) in [5.41, 5.74) is 5.33. The van der Waals surface area contributed by atoms with E-state index >= 15 is 0 Å². The van der Waals surface area contributed by atoms with Crippen molar-refractivity contribution in [3.63, 3.8) is 0 Å². The van der Waals surface area contributed by atoms with E-state index in [2.05, 4.69) is 4.98 Å². The predicted octanol–water partition coefficient (Wildman–Crippen LogP) is 0.910. The highest BCUT2D eigenvalue weighted by Crippen LogP contribution is 2.09. The number of nitrogens with two attached hydrogens (primary N) is 1. The molecule has 0 saturated heterocycles. The van der Waals surface area contributed by atoms with Crippen molar-refractivity contribution < 1.29 is 0 Å². The molecule has 1 heterocycles. The number of thiazole rings is 1. The SMILES string of the molecule is Cc1ncc(CN)s1. The van der Waals surface area contributed by atoms with Crippen LogP contribution in [0, 0.1) is 6.92 Å². The third kappa shape index (κ3) is 1.05. The first kappa shape index (κ1) is 5.72. The summed E-state index contributed by atoms with van der Waals surface area (Å²) in [7, 11) is 0. The van der Waals surface area contributed by atoms with E-state index in [-0.39, 0.29) is 0 Å². The highest BCUT2D eigenvalue weighted by molar-refractivity contribution is 7.11. The van der Waals surface area contributed by atoms with Gasteiger partial charge in [-0.2, -0.15) is 0 Å². The molecule has 1 rings (SSSR count). The van der Waals surface area contributed by atoms with E-state index in [1.807, 2.05) is 13.1 Å². The summed E-state index contributed by atoms with van der Waals surface area (Å²) < 4.78 is 0. The van der Waals surface area contributed by atoms with E-state index in [9.17, 15) is 0 Å². The van der Waals surface area contributed by atoms with E-state index < -0.39 is 0 Å². The van der Waals surface area contributed by atoms with Crippen molar-refractivity contribution in [2.45, 2.75) is 13.5 Å². The fourth-order valence-electron chi connectivity index (χ4n) is 0.500. The maximum atomic E-state index is 5.33. The number of nitrogens with zero attached hydrogens (tertiary/aromatic N) is 1. The maximum Gasteiger partial charge on any atom is 0.0897 e. The molecule has 0 amide bonds. The summed E-state index contributed by atoms with van der Waals surface area (Å²) in [5, 5.41) is 1.09. The van der Waals surface area contributed by atoms with Gasteiger partial charge in [0.1, 0.15) is 0 Å². The van der Waals surface area contributed by atoms with E-state index in [0.29, 0.717) is 6.54 Å². The van der Waals surface area contributed by atoms with Crippen LogP contribution in [-0.2, 0) is 6.54 Å². The molecule has 0 radical (unpaired) electrons. The van der Waals surface area contributed by atoms with Gasteiger partial charge in [0, 0.05) is 17.6 Å². The van der Waals surface area contributed by atoms with Crippen LogP contribution in [0.15, 0.2) is 6.20 Å². The summed E-state index contributed by atoms with van der Waals surface area (Å²) >= 11 is 1.65. The van der Waals surface area contributed by atoms with Crippen molar-refractivity contribution in [2.24, 2.45) is 5.73 Å². The molecule has 0 unspecified atom stereocenters. The predicted molar refractivity (Wildman–Crippen MR) is 34.7 cm³/mol. The molecule has 0 aliphatic rings. The summed E-state index contributed by atoms with van der Waals surface area (Å²) in [6.45, 7) is 2.59. The van der Waals surface area contributed by atoms with Gasteiger partial charge in [0.15, 0.2) is 0 Å². The third-order valence-corrected chi connectivity index (χ3v) is 1.81. The van der Waals surface area contributed by atoms with Crippen molar-refractivity contribution in [1.82, 2.24) is 4.98 Å². The molecule has 1 aromatic rings. The van der Waals surface area contributed by atoms with Crippen molar-refractivity contribution in [2.75, 3.05) is 0 Å². The Balaban J connectivity index is 2.84. The standard InChI is InChI=1S/C5H8N2S/c1-4-7-3-5(2-6)8-4/h3H,2,6H2,1H3. The normalized spacial score (nSPS) is 9.75. The molecule has 0 aromatic carbocycles. The minimum absolute atomic E-state index is 0.617. The zero-order chi connectivity index (χ0) is 5.98. The molecule has 3 heteroatoms. The van der Waals surface area contributed by atoms with Crippen LogP contribution in [0.2, 0.25) is 0 Å². The van der Waals surface area contributed by atoms with Crippen molar-refractivity contribution >= 4 is 11.3 Å². The van der Waals surface area contributed by atoms with Gasteiger partial charge in [0.25, 0.3) is 0 Å². The minimum Gasteiger partial charge on any atom is -0.326 e. The Bertz CT molecular complexity index is 171. The lowest BCUT2D eigenvalue weighted by Crippen LogP contribution is -1.91. The molecule has 0 spiro atoms. The van der Waals surface area contributed by atoms with Crippen LogP contribution in [-0.4, -0.2) is 4.98 Å². The zero-order valence-electron chi connectivity index (χ0n) is 4.72. The highest BCUT2D eigenvalue weighted by Gasteiger charge is 1.91. The molecule has 0 aliphatic heterocycles. The second kappa shape index (κ2) is 2.24. The van der Waals surface area contributed by atoms with Crippen molar-refractivity contribution in [3.05, 3.63) is 16.1 Å². The Morgan fingerprint density at radius 2 is 2.62 bits per heavy atom. The number of hydrogen-bond acceptors (Lipinski definition) is 3. The summed E-state index contributed by atoms with van der Waals surface area (Å²) in [5.74, 6) is 0. The Hall–Kier alpha value is -0.410. The smallest absolute Gasteiger partial charge is 0.0897 e. The van der Waals surface area contributed by atoms with Crippen LogP contribution in [0.25, 0.3) is 0 Å². The highest BCUT2D eigenvalue weighted by atomic mass is 32.1. The maximum absolute atomic E-state index is 5.33. The lowest BCUT2D eigenvalue weighted by Gasteiger charge is -1.79. The molecule has 0 atom stereocenters. The molecule has 8 heavy (non-hydrogen) atoms. The van der Waals surface area contributed by atoms with Gasteiger partial charge < -0.3 is 5.73 Å². The molecule has 0 aliphatic carbocycles. The van der Waals surface area contributed by atoms with Crippen LogP contribution in [0.4, 0.5) is 0 Å². The van der Waals surface area contributed by atoms with Crippen LogP contribution < -0.4 is 5.73 Å². The first-order chi connectivity index (χ1) is 3.83. The summed E-state index contributed by atoms with van der Waals surface area (Å²) in [4.78, 5) is 5.18. The second-order valence-corrected chi connectivity index (χ2v) is 2.87. The lowest BCUT2D eigenvalue weighted by atomic mass is 10.6. The fraction of sp³-hybridized carbons (Fsp3) is 0.400. The molecule has 0 fully saturated rings. The first-order valence-corrected chi connectivity index (χ1v) is 3.26. The Morgan fingerprint density at radius 3 is 2.88 bits per heavy atom. The van der Waals surface area contributed by atoms with E-state index in [1.54, 1.807) is 11.3 Å². The van der Waals surface area contributed by atoms with Gasteiger partial charge in [-0.15, -0.1) is 11.3 Å². The van der Waals surface area contributed by atoms with Gasteiger partial charge in [-0.25, -0.2) is 4.98 Å². The Labute approximate surface area is 52.4 Å². The van der Waals surface area contributed by atoms with Crippen molar-refractivity contribution in [1.29, 1.82) is 0 Å². The molecule has 2 N–H and O–H groups in total. The van der Waals surface area contributed by atoms with E-state index in [1.165, 1.54) is 0 Å². The van der Waals surface area contributed by atoms with Gasteiger partial charge in [0.05, 0.1) is 5.01 Å². The largest absolute Gasteiger partial charge is 0.326 e. The minimum atomic E-state index is 0.617. The quantitative estimate of drug-likeness (QED) is 0.610. The third-order valence-electron chi connectivity index (χ3n) is 0.870. The van der Waals surface area contributed by atoms with Crippen LogP contribution in [0.1, 0.15) is 9.88 Å². The molecule has 44 valence electrons. The van der Waals surface area contributed by atoms with Gasteiger partial charge in [-0.1, -0.05) is 0 Å². The Kier molecular flexibility index (Phi) is 1.60. The molecular weight excluding hydrogens is 120 g/mol. The van der Waals surface area contributed by atoms with E-state index in [0.717, 1.165) is 9.88 Å². The zero-order valence-corrected chi connectivity index (χ0v) is 5.53. The molecule has 2 nitrogen and oxygen atoms in total. The van der Waals surface area contributed by atoms with Gasteiger partial charge in [-0.3, -0.25) is 0 Å². The van der Waals surface area contributed by atoms with Crippen molar-refractivity contribution in [3.8, 4) is 0 Å². The van der Waals surface area contributed by atoms with Crippen LogP contribution in [0.5, 0.6) is 0 Å². The number of rotatable bonds is 1. The van der Waals surface area contributed by atoms with E-state index in [4.69, 9.17) is 5.73 Å². The summed E-state index contributed by atoms with van der Waals surface area (Å²) in [6, 6.07) is 0. The average molecular weight is 128 g/mol. The molecule has 0 saturated carbocycles. The Morgan fingerprint density at radius 1 is 1.88 bits per heavy atom. The summed E-state index contributed by atoms with van der Waals surface area (Å²) in [6.07, 6.45) is 1.82. The monoisotopic (exact) mass is 128 g/mol. The molecular formula is C5H8N2S.